The van der Waals surface area contributed by atoms with Crippen molar-refractivity contribution in [1.82, 2.24) is 15.2 Å². The summed E-state index contributed by atoms with van der Waals surface area (Å²) in [6.45, 7) is 1.80. The van der Waals surface area contributed by atoms with Crippen LogP contribution in [0.2, 0.25) is 0 Å². The van der Waals surface area contributed by atoms with E-state index in [1.807, 2.05) is 7.05 Å². The molecule has 1 rings (SSSR count). The molecule has 0 saturated heterocycles. The molecule has 3 N–H and O–H groups in total. The molecule has 0 unspecified atom stereocenters. The number of pyridine rings is 1. The first-order valence-corrected chi connectivity index (χ1v) is 5.24. The molecule has 0 atom stereocenters. The molecule has 0 aliphatic rings. The van der Waals surface area contributed by atoms with Crippen LogP contribution in [-0.4, -0.2) is 43.0 Å². The van der Waals surface area contributed by atoms with Gasteiger partial charge < -0.3 is 16.0 Å². The van der Waals surface area contributed by atoms with Gasteiger partial charge in [-0.1, -0.05) is 0 Å². The number of amides is 1. The smallest absolute Gasteiger partial charge is 0.253 e. The maximum atomic E-state index is 11.9. The molecule has 1 aromatic heterocycles. The molecule has 1 heterocycles. The Balaban J connectivity index is 2.71. The van der Waals surface area contributed by atoms with E-state index in [4.69, 9.17) is 5.73 Å². The molecule has 0 fully saturated rings. The number of likely N-dealkylation sites (N-methyl/N-ethyl adjacent to an activating group) is 2. The number of carbonyl (C=O) groups excluding carboxylic acids is 1. The molecule has 88 valence electrons. The molecule has 0 radical (unpaired) electrons. The molecule has 0 aliphatic heterocycles. The van der Waals surface area contributed by atoms with Crippen molar-refractivity contribution in [2.24, 2.45) is 5.73 Å². The van der Waals surface area contributed by atoms with Crippen molar-refractivity contribution in [2.45, 2.75) is 6.54 Å². The maximum absolute atomic E-state index is 11.9. The SMILES string of the molecule is CNCCN(C)C(=O)c1ccnc(CN)c1. The van der Waals surface area contributed by atoms with E-state index in [1.165, 1.54) is 0 Å². The average molecular weight is 222 g/mol. The summed E-state index contributed by atoms with van der Waals surface area (Å²) in [4.78, 5) is 17.7. The van der Waals surface area contributed by atoms with Gasteiger partial charge in [0.25, 0.3) is 5.91 Å². The summed E-state index contributed by atoms with van der Waals surface area (Å²) in [6.07, 6.45) is 1.61. The van der Waals surface area contributed by atoms with Crippen molar-refractivity contribution >= 4 is 5.91 Å². The molecule has 5 nitrogen and oxygen atoms in total. The zero-order valence-electron chi connectivity index (χ0n) is 9.73. The number of nitrogens with two attached hydrogens (primary N) is 1. The Hall–Kier alpha value is -1.46. The van der Waals surface area contributed by atoms with Crippen LogP contribution in [0.1, 0.15) is 16.1 Å². The summed E-state index contributed by atoms with van der Waals surface area (Å²) in [6, 6.07) is 3.44. The summed E-state index contributed by atoms with van der Waals surface area (Å²) in [5.41, 5.74) is 6.84. The van der Waals surface area contributed by atoms with Gasteiger partial charge in [-0.3, -0.25) is 9.78 Å². The fourth-order valence-electron chi connectivity index (χ4n) is 1.32. The molecular weight excluding hydrogens is 204 g/mol. The van der Waals surface area contributed by atoms with Crippen LogP contribution in [-0.2, 0) is 6.54 Å². The van der Waals surface area contributed by atoms with Crippen LogP contribution in [0.15, 0.2) is 18.3 Å². The first-order valence-electron chi connectivity index (χ1n) is 5.24. The van der Waals surface area contributed by atoms with Gasteiger partial charge in [0.2, 0.25) is 0 Å². The second-order valence-electron chi connectivity index (χ2n) is 3.57. The predicted molar refractivity (Wildman–Crippen MR) is 63.0 cm³/mol. The molecule has 1 amide bonds. The summed E-state index contributed by atoms with van der Waals surface area (Å²) in [5, 5.41) is 3.00. The summed E-state index contributed by atoms with van der Waals surface area (Å²) in [7, 11) is 3.64. The number of nitrogens with zero attached hydrogens (tertiary/aromatic N) is 2. The minimum absolute atomic E-state index is 0.00708. The molecule has 0 saturated carbocycles. The van der Waals surface area contributed by atoms with Gasteiger partial charge in [-0.2, -0.15) is 0 Å². The molecular formula is C11H18N4O. The molecule has 16 heavy (non-hydrogen) atoms. The van der Waals surface area contributed by atoms with E-state index in [0.29, 0.717) is 18.7 Å². The third kappa shape index (κ3) is 3.29. The Morgan fingerprint density at radius 2 is 2.38 bits per heavy atom. The van der Waals surface area contributed by atoms with E-state index in [1.54, 1.807) is 30.3 Å². The van der Waals surface area contributed by atoms with Crippen molar-refractivity contribution in [2.75, 3.05) is 27.2 Å². The highest BCUT2D eigenvalue weighted by Crippen LogP contribution is 2.04. The monoisotopic (exact) mass is 222 g/mol. The van der Waals surface area contributed by atoms with Gasteiger partial charge in [-0.15, -0.1) is 0 Å². The van der Waals surface area contributed by atoms with E-state index in [2.05, 4.69) is 10.3 Å². The topological polar surface area (TPSA) is 71.2 Å². The normalized spacial score (nSPS) is 10.2. The minimum atomic E-state index is -0.00708. The lowest BCUT2D eigenvalue weighted by atomic mass is 10.2. The molecule has 5 heteroatoms. The lowest BCUT2D eigenvalue weighted by Gasteiger charge is -2.17. The quantitative estimate of drug-likeness (QED) is 0.725. The zero-order valence-corrected chi connectivity index (χ0v) is 9.73. The first kappa shape index (κ1) is 12.6. The van der Waals surface area contributed by atoms with Gasteiger partial charge in [0.05, 0.1) is 5.69 Å². The zero-order chi connectivity index (χ0) is 12.0. The highest BCUT2D eigenvalue weighted by Gasteiger charge is 2.11. The highest BCUT2D eigenvalue weighted by atomic mass is 16.2. The Morgan fingerprint density at radius 3 is 3.00 bits per heavy atom. The molecule has 0 aromatic carbocycles. The second kappa shape index (κ2) is 6.19. The van der Waals surface area contributed by atoms with Crippen molar-refractivity contribution in [1.29, 1.82) is 0 Å². The predicted octanol–water partition coefficient (Wildman–Crippen LogP) is -0.168. The van der Waals surface area contributed by atoms with Crippen molar-refractivity contribution < 1.29 is 4.79 Å². The van der Waals surface area contributed by atoms with Crippen molar-refractivity contribution in [3.63, 3.8) is 0 Å². The molecule has 1 aromatic rings. The van der Waals surface area contributed by atoms with Crippen molar-refractivity contribution in [3.05, 3.63) is 29.6 Å². The van der Waals surface area contributed by atoms with Gasteiger partial charge in [0, 0.05) is 38.4 Å². The summed E-state index contributed by atoms with van der Waals surface area (Å²) < 4.78 is 0. The average Bonchev–Trinajstić information content (AvgIpc) is 2.35. The van der Waals surface area contributed by atoms with E-state index in [-0.39, 0.29) is 5.91 Å². The van der Waals surface area contributed by atoms with Crippen LogP contribution in [0, 0.1) is 0 Å². The molecule has 0 spiro atoms. The maximum Gasteiger partial charge on any atom is 0.253 e. The van der Waals surface area contributed by atoms with Crippen LogP contribution < -0.4 is 11.1 Å². The Morgan fingerprint density at radius 1 is 1.62 bits per heavy atom. The van der Waals surface area contributed by atoms with Crippen LogP contribution in [0.4, 0.5) is 0 Å². The van der Waals surface area contributed by atoms with Gasteiger partial charge in [0.1, 0.15) is 0 Å². The number of hydrogen-bond acceptors (Lipinski definition) is 4. The van der Waals surface area contributed by atoms with Gasteiger partial charge in [-0.25, -0.2) is 0 Å². The van der Waals surface area contributed by atoms with E-state index in [9.17, 15) is 4.79 Å². The van der Waals surface area contributed by atoms with Crippen molar-refractivity contribution in [3.8, 4) is 0 Å². The number of carbonyl (C=O) groups is 1. The Kier molecular flexibility index (Phi) is 4.88. The fraction of sp³-hybridized carbons (Fsp3) is 0.455. The second-order valence-corrected chi connectivity index (χ2v) is 3.57. The summed E-state index contributed by atoms with van der Waals surface area (Å²) >= 11 is 0. The van der Waals surface area contributed by atoms with Crippen LogP contribution >= 0.6 is 0 Å². The third-order valence-corrected chi connectivity index (χ3v) is 2.32. The summed E-state index contributed by atoms with van der Waals surface area (Å²) in [5.74, 6) is -0.00708. The Bertz CT molecular complexity index is 354. The van der Waals surface area contributed by atoms with Crippen LogP contribution in [0.3, 0.4) is 0 Å². The van der Waals surface area contributed by atoms with Gasteiger partial charge >= 0.3 is 0 Å². The Labute approximate surface area is 95.7 Å². The largest absolute Gasteiger partial charge is 0.340 e. The lowest BCUT2D eigenvalue weighted by Crippen LogP contribution is -2.32. The number of rotatable bonds is 5. The van der Waals surface area contributed by atoms with Crippen LogP contribution in [0.5, 0.6) is 0 Å². The fourth-order valence-corrected chi connectivity index (χ4v) is 1.32. The van der Waals surface area contributed by atoms with Gasteiger partial charge in [-0.05, 0) is 19.2 Å². The molecule has 0 bridgehead atoms. The van der Waals surface area contributed by atoms with E-state index < -0.39 is 0 Å². The highest BCUT2D eigenvalue weighted by molar-refractivity contribution is 5.94. The third-order valence-electron chi connectivity index (χ3n) is 2.32. The minimum Gasteiger partial charge on any atom is -0.340 e. The molecule has 0 aliphatic carbocycles. The number of hydrogen-bond donors (Lipinski definition) is 2. The number of nitrogens with one attached hydrogen (secondary N) is 1. The standard InChI is InChI=1S/C11H18N4O/c1-13-5-6-15(2)11(16)9-3-4-14-10(7-9)8-12/h3-4,7,13H,5-6,8,12H2,1-2H3. The first-order chi connectivity index (χ1) is 7.69. The number of aromatic nitrogens is 1. The van der Waals surface area contributed by atoms with Crippen LogP contribution in [0.25, 0.3) is 0 Å². The lowest BCUT2D eigenvalue weighted by molar-refractivity contribution is 0.0796. The van der Waals surface area contributed by atoms with Gasteiger partial charge in [0.15, 0.2) is 0 Å². The van der Waals surface area contributed by atoms with E-state index >= 15 is 0 Å². The van der Waals surface area contributed by atoms with E-state index in [0.717, 1.165) is 12.2 Å².